The molecule has 4 rings (SSSR count). The van der Waals surface area contributed by atoms with Crippen molar-refractivity contribution in [2.75, 3.05) is 6.61 Å². The fourth-order valence-corrected chi connectivity index (χ4v) is 4.08. The molecule has 2 heterocycles. The zero-order chi connectivity index (χ0) is 23.2. The molecule has 2 aromatic heterocycles. The number of hydrogen-bond acceptors (Lipinski definition) is 6. The lowest BCUT2D eigenvalue weighted by atomic mass is 10.2. The predicted octanol–water partition coefficient (Wildman–Crippen LogP) is 4.86. The molecule has 1 atom stereocenters. The summed E-state index contributed by atoms with van der Waals surface area (Å²) in [5.41, 5.74) is 1.05. The summed E-state index contributed by atoms with van der Waals surface area (Å²) in [7, 11) is 0. The average Bonchev–Trinajstić information content (AvgIpc) is 3.49. The number of amides is 1. The SMILES string of the molecule is CCOc1ccc(-c2nnc(SC(C)C(=O)NCc3ccco3)n2-c2ccccc2F)cc1. The highest BCUT2D eigenvalue weighted by molar-refractivity contribution is 8.00. The van der Waals surface area contributed by atoms with Crippen LogP contribution in [-0.2, 0) is 11.3 Å². The van der Waals surface area contributed by atoms with Crippen LogP contribution in [0.3, 0.4) is 0 Å². The Balaban J connectivity index is 1.62. The van der Waals surface area contributed by atoms with Crippen LogP contribution < -0.4 is 10.1 Å². The summed E-state index contributed by atoms with van der Waals surface area (Å²) in [5.74, 6) is 1.25. The van der Waals surface area contributed by atoms with Gasteiger partial charge < -0.3 is 14.5 Å². The van der Waals surface area contributed by atoms with E-state index < -0.39 is 11.1 Å². The molecule has 1 N–H and O–H groups in total. The first-order valence-electron chi connectivity index (χ1n) is 10.5. The Hall–Kier alpha value is -3.59. The van der Waals surface area contributed by atoms with Crippen LogP contribution in [0.1, 0.15) is 19.6 Å². The number of furan rings is 1. The molecule has 0 radical (unpaired) electrons. The first-order chi connectivity index (χ1) is 16.1. The van der Waals surface area contributed by atoms with Crippen LogP contribution in [0.25, 0.3) is 17.1 Å². The summed E-state index contributed by atoms with van der Waals surface area (Å²) < 4.78 is 27.2. The number of para-hydroxylation sites is 1. The number of carbonyl (C=O) groups is 1. The molecule has 1 amide bonds. The Kier molecular flexibility index (Phi) is 7.09. The van der Waals surface area contributed by atoms with Gasteiger partial charge in [0.1, 0.15) is 17.3 Å². The number of ether oxygens (including phenoxy) is 1. The highest BCUT2D eigenvalue weighted by Gasteiger charge is 2.23. The van der Waals surface area contributed by atoms with E-state index in [0.29, 0.717) is 29.0 Å². The Morgan fingerprint density at radius 3 is 2.64 bits per heavy atom. The average molecular weight is 467 g/mol. The van der Waals surface area contributed by atoms with Crippen LogP contribution >= 0.6 is 11.8 Å². The maximum atomic E-state index is 14.8. The lowest BCUT2D eigenvalue weighted by molar-refractivity contribution is -0.120. The minimum atomic E-state index is -0.497. The third-order valence-corrected chi connectivity index (χ3v) is 5.86. The van der Waals surface area contributed by atoms with Crippen LogP contribution in [0, 0.1) is 5.82 Å². The largest absolute Gasteiger partial charge is 0.494 e. The number of carbonyl (C=O) groups excluding carboxylic acids is 1. The van der Waals surface area contributed by atoms with Crippen molar-refractivity contribution in [1.29, 1.82) is 0 Å². The summed E-state index contributed by atoms with van der Waals surface area (Å²) in [6, 6.07) is 17.3. The van der Waals surface area contributed by atoms with Crippen molar-refractivity contribution in [2.45, 2.75) is 30.8 Å². The monoisotopic (exact) mass is 466 g/mol. The molecule has 0 fully saturated rings. The van der Waals surface area contributed by atoms with Gasteiger partial charge in [0.25, 0.3) is 0 Å². The smallest absolute Gasteiger partial charge is 0.233 e. The number of aromatic nitrogens is 3. The molecule has 0 aliphatic heterocycles. The van der Waals surface area contributed by atoms with E-state index in [0.717, 1.165) is 11.3 Å². The fraction of sp³-hybridized carbons (Fsp3) is 0.208. The molecule has 0 aliphatic rings. The second-order valence-electron chi connectivity index (χ2n) is 7.11. The molecule has 33 heavy (non-hydrogen) atoms. The van der Waals surface area contributed by atoms with E-state index in [9.17, 15) is 9.18 Å². The standard InChI is InChI=1S/C24H23FN4O3S/c1-3-31-18-12-10-17(11-13-18)22-27-28-24(29(22)21-9-5-4-8-20(21)25)33-16(2)23(30)26-15-19-7-6-14-32-19/h4-14,16H,3,15H2,1-2H3,(H,26,30). The summed E-state index contributed by atoms with van der Waals surface area (Å²) in [6.07, 6.45) is 1.55. The lowest BCUT2D eigenvalue weighted by Gasteiger charge is -2.14. The number of nitrogens with one attached hydrogen (secondary N) is 1. The van der Waals surface area contributed by atoms with E-state index in [2.05, 4.69) is 15.5 Å². The molecule has 7 nitrogen and oxygen atoms in total. The number of benzene rings is 2. The van der Waals surface area contributed by atoms with E-state index in [-0.39, 0.29) is 12.5 Å². The van der Waals surface area contributed by atoms with Gasteiger partial charge in [-0.3, -0.25) is 9.36 Å². The van der Waals surface area contributed by atoms with Crippen molar-refractivity contribution in [3.05, 3.63) is 78.5 Å². The van der Waals surface area contributed by atoms with Crippen molar-refractivity contribution < 1.29 is 18.3 Å². The van der Waals surface area contributed by atoms with Gasteiger partial charge in [0.2, 0.25) is 5.91 Å². The maximum absolute atomic E-state index is 14.8. The molecule has 4 aromatic rings. The predicted molar refractivity (Wildman–Crippen MR) is 124 cm³/mol. The Morgan fingerprint density at radius 2 is 1.94 bits per heavy atom. The Morgan fingerprint density at radius 1 is 1.15 bits per heavy atom. The second kappa shape index (κ2) is 10.4. The van der Waals surface area contributed by atoms with Crippen molar-refractivity contribution >= 4 is 17.7 Å². The molecule has 9 heteroatoms. The second-order valence-corrected chi connectivity index (χ2v) is 8.42. The molecule has 0 aliphatic carbocycles. The number of thioether (sulfide) groups is 1. The fourth-order valence-electron chi connectivity index (χ4n) is 3.19. The summed E-state index contributed by atoms with van der Waals surface area (Å²) >= 11 is 1.20. The van der Waals surface area contributed by atoms with E-state index in [1.54, 1.807) is 48.1 Å². The van der Waals surface area contributed by atoms with Gasteiger partial charge in [-0.15, -0.1) is 10.2 Å². The first kappa shape index (κ1) is 22.6. The Bertz CT molecular complexity index is 1210. The van der Waals surface area contributed by atoms with Crippen LogP contribution in [0.2, 0.25) is 0 Å². The van der Waals surface area contributed by atoms with Gasteiger partial charge in [-0.05, 0) is 62.4 Å². The number of rotatable bonds is 9. The quantitative estimate of drug-likeness (QED) is 0.355. The van der Waals surface area contributed by atoms with Crippen molar-refractivity contribution in [2.24, 2.45) is 0 Å². The Labute approximate surface area is 195 Å². The van der Waals surface area contributed by atoms with Crippen LogP contribution in [0.15, 0.2) is 76.5 Å². The molecule has 1 unspecified atom stereocenters. The summed E-state index contributed by atoms with van der Waals surface area (Å²) in [5, 5.41) is 11.3. The van der Waals surface area contributed by atoms with Gasteiger partial charge in [-0.1, -0.05) is 23.9 Å². The van der Waals surface area contributed by atoms with Gasteiger partial charge in [-0.25, -0.2) is 4.39 Å². The zero-order valence-corrected chi connectivity index (χ0v) is 19.0. The third-order valence-electron chi connectivity index (χ3n) is 4.82. The van der Waals surface area contributed by atoms with E-state index in [1.807, 2.05) is 31.2 Å². The highest BCUT2D eigenvalue weighted by Crippen LogP contribution is 2.32. The highest BCUT2D eigenvalue weighted by atomic mass is 32.2. The molecule has 0 saturated carbocycles. The molecule has 2 aromatic carbocycles. The van der Waals surface area contributed by atoms with Gasteiger partial charge in [0.15, 0.2) is 11.0 Å². The van der Waals surface area contributed by atoms with Gasteiger partial charge in [-0.2, -0.15) is 0 Å². The van der Waals surface area contributed by atoms with E-state index in [1.165, 1.54) is 17.8 Å². The maximum Gasteiger partial charge on any atom is 0.233 e. The minimum absolute atomic E-state index is 0.192. The van der Waals surface area contributed by atoms with Crippen LogP contribution in [-0.4, -0.2) is 32.5 Å². The summed E-state index contributed by atoms with van der Waals surface area (Å²) in [4.78, 5) is 12.6. The van der Waals surface area contributed by atoms with E-state index >= 15 is 0 Å². The molecule has 0 saturated heterocycles. The van der Waals surface area contributed by atoms with Crippen molar-refractivity contribution in [3.8, 4) is 22.8 Å². The molecular formula is C24H23FN4O3S. The number of halogens is 1. The molecule has 170 valence electrons. The van der Waals surface area contributed by atoms with Crippen LogP contribution in [0.5, 0.6) is 5.75 Å². The zero-order valence-electron chi connectivity index (χ0n) is 18.2. The minimum Gasteiger partial charge on any atom is -0.494 e. The van der Waals surface area contributed by atoms with Gasteiger partial charge in [0, 0.05) is 5.56 Å². The number of hydrogen-bond donors (Lipinski definition) is 1. The van der Waals surface area contributed by atoms with Gasteiger partial charge in [0.05, 0.1) is 30.4 Å². The topological polar surface area (TPSA) is 82.2 Å². The van der Waals surface area contributed by atoms with Crippen molar-refractivity contribution in [3.63, 3.8) is 0 Å². The van der Waals surface area contributed by atoms with Gasteiger partial charge >= 0.3 is 0 Å². The van der Waals surface area contributed by atoms with Crippen LogP contribution in [0.4, 0.5) is 4.39 Å². The molecule has 0 spiro atoms. The first-order valence-corrected chi connectivity index (χ1v) is 11.3. The molecular weight excluding hydrogens is 443 g/mol. The van der Waals surface area contributed by atoms with E-state index in [4.69, 9.17) is 9.15 Å². The normalized spacial score (nSPS) is 11.8. The lowest BCUT2D eigenvalue weighted by Crippen LogP contribution is -2.30. The van der Waals surface area contributed by atoms with Crippen molar-refractivity contribution in [1.82, 2.24) is 20.1 Å². The molecule has 0 bridgehead atoms. The summed E-state index contributed by atoms with van der Waals surface area (Å²) in [6.45, 7) is 4.52. The third kappa shape index (κ3) is 5.25. The number of nitrogens with zero attached hydrogens (tertiary/aromatic N) is 3.